The van der Waals surface area contributed by atoms with Gasteiger partial charge < -0.3 is 5.11 Å². The predicted octanol–water partition coefficient (Wildman–Crippen LogP) is 2.05. The molecule has 1 N–H and O–H groups in total. The van der Waals surface area contributed by atoms with Gasteiger partial charge in [0.05, 0.1) is 6.42 Å². The number of aliphatic carboxylic acids is 1. The Morgan fingerprint density at radius 3 is 2.17 bits per heavy atom. The number of carbonyl (C=O) groups is 1. The molecule has 2 nitrogen and oxygen atoms in total. The second kappa shape index (κ2) is 4.12. The molecule has 12 heavy (non-hydrogen) atoms. The quantitative estimate of drug-likeness (QED) is 0.731. The van der Waals surface area contributed by atoms with Crippen LogP contribution in [0.4, 0.5) is 0 Å². The van der Waals surface area contributed by atoms with Crippen LogP contribution in [0.15, 0.2) is 24.3 Å². The van der Waals surface area contributed by atoms with Gasteiger partial charge in [-0.2, -0.15) is 0 Å². The summed E-state index contributed by atoms with van der Waals surface area (Å²) in [6, 6.07) is 7.24. The molecule has 0 heterocycles. The predicted molar refractivity (Wildman–Crippen MR) is 47.3 cm³/mol. The van der Waals surface area contributed by atoms with Gasteiger partial charge >= 0.3 is 5.97 Å². The highest BCUT2D eigenvalue weighted by atomic mass is 35.5. The van der Waals surface area contributed by atoms with E-state index >= 15 is 0 Å². The van der Waals surface area contributed by atoms with Crippen molar-refractivity contribution in [2.75, 3.05) is 0 Å². The highest BCUT2D eigenvalue weighted by Gasteiger charge is 1.99. The van der Waals surface area contributed by atoms with Crippen LogP contribution in [-0.4, -0.2) is 11.1 Å². The molecule has 0 amide bonds. The Kier molecular flexibility index (Phi) is 3.11. The summed E-state index contributed by atoms with van der Waals surface area (Å²) < 4.78 is 0. The van der Waals surface area contributed by atoms with Gasteiger partial charge in [-0.25, -0.2) is 0 Å². The number of hydrogen-bond donors (Lipinski definition) is 1. The molecule has 0 aliphatic carbocycles. The zero-order valence-corrected chi connectivity index (χ0v) is 7.21. The Morgan fingerprint density at radius 1 is 1.25 bits per heavy atom. The van der Waals surface area contributed by atoms with Crippen molar-refractivity contribution in [3.63, 3.8) is 0 Å². The smallest absolute Gasteiger partial charge is 0.307 e. The monoisotopic (exact) mass is 184 g/mol. The molecule has 0 aromatic heterocycles. The van der Waals surface area contributed by atoms with Crippen LogP contribution in [0.3, 0.4) is 0 Å². The molecular weight excluding hydrogens is 176 g/mol. The maximum atomic E-state index is 10.3. The third-order valence-electron chi connectivity index (χ3n) is 1.53. The van der Waals surface area contributed by atoms with Crippen LogP contribution in [0.25, 0.3) is 0 Å². The Bertz CT molecular complexity index is 266. The fourth-order valence-electron chi connectivity index (χ4n) is 0.921. The van der Waals surface area contributed by atoms with Gasteiger partial charge in [-0.05, 0) is 11.1 Å². The first kappa shape index (κ1) is 9.07. The van der Waals surface area contributed by atoms with Gasteiger partial charge in [0.2, 0.25) is 0 Å². The Balaban J connectivity index is 2.71. The van der Waals surface area contributed by atoms with E-state index in [1.165, 1.54) is 0 Å². The summed E-state index contributed by atoms with van der Waals surface area (Å²) in [5.41, 5.74) is 1.81. The van der Waals surface area contributed by atoms with E-state index in [2.05, 4.69) is 0 Å². The fourth-order valence-corrected chi connectivity index (χ4v) is 1.10. The van der Waals surface area contributed by atoms with Gasteiger partial charge in [-0.15, -0.1) is 11.6 Å². The molecule has 0 radical (unpaired) electrons. The van der Waals surface area contributed by atoms with E-state index in [9.17, 15) is 4.79 Å². The molecule has 0 fully saturated rings. The third-order valence-corrected chi connectivity index (χ3v) is 1.84. The normalized spacial score (nSPS) is 9.75. The number of halogens is 1. The average Bonchev–Trinajstić information content (AvgIpc) is 2.05. The molecule has 1 rings (SSSR count). The zero-order valence-electron chi connectivity index (χ0n) is 6.46. The van der Waals surface area contributed by atoms with Crippen LogP contribution < -0.4 is 0 Å². The lowest BCUT2D eigenvalue weighted by Gasteiger charge is -1.97. The molecule has 0 saturated carbocycles. The summed E-state index contributed by atoms with van der Waals surface area (Å²) in [6.45, 7) is 0. The number of carboxylic acid groups (broad SMARTS) is 1. The Hall–Kier alpha value is -1.02. The van der Waals surface area contributed by atoms with Crippen LogP contribution >= 0.6 is 11.6 Å². The minimum atomic E-state index is -0.811. The SMILES string of the molecule is O=C(O)Cc1ccc(CCl)cc1. The average molecular weight is 185 g/mol. The van der Waals surface area contributed by atoms with Crippen molar-refractivity contribution in [1.29, 1.82) is 0 Å². The minimum Gasteiger partial charge on any atom is -0.481 e. The van der Waals surface area contributed by atoms with Gasteiger partial charge in [-0.3, -0.25) is 4.79 Å². The van der Waals surface area contributed by atoms with Crippen LogP contribution in [0.5, 0.6) is 0 Å². The number of hydrogen-bond acceptors (Lipinski definition) is 1. The van der Waals surface area contributed by atoms with Crippen LogP contribution in [-0.2, 0) is 17.1 Å². The molecular formula is C9H9ClO2. The second-order valence-electron chi connectivity index (χ2n) is 2.52. The molecule has 0 bridgehead atoms. The first-order valence-electron chi connectivity index (χ1n) is 3.58. The summed E-state index contributed by atoms with van der Waals surface area (Å²) in [4.78, 5) is 10.3. The number of benzene rings is 1. The Morgan fingerprint density at radius 2 is 1.75 bits per heavy atom. The topological polar surface area (TPSA) is 37.3 Å². The molecule has 1 aromatic rings. The summed E-state index contributed by atoms with van der Waals surface area (Å²) in [5.74, 6) is -0.346. The molecule has 0 atom stereocenters. The fraction of sp³-hybridized carbons (Fsp3) is 0.222. The first-order valence-corrected chi connectivity index (χ1v) is 4.11. The lowest BCUT2D eigenvalue weighted by molar-refractivity contribution is -0.136. The summed E-state index contributed by atoms with van der Waals surface area (Å²) in [7, 11) is 0. The van der Waals surface area contributed by atoms with Crippen molar-refractivity contribution in [3.8, 4) is 0 Å². The van der Waals surface area contributed by atoms with E-state index in [0.717, 1.165) is 11.1 Å². The maximum absolute atomic E-state index is 10.3. The van der Waals surface area contributed by atoms with Crippen LogP contribution in [0.2, 0.25) is 0 Å². The molecule has 0 unspecified atom stereocenters. The highest BCUT2D eigenvalue weighted by Crippen LogP contribution is 2.07. The lowest BCUT2D eigenvalue weighted by Crippen LogP contribution is -1.99. The largest absolute Gasteiger partial charge is 0.481 e. The van der Waals surface area contributed by atoms with E-state index in [4.69, 9.17) is 16.7 Å². The standard InChI is InChI=1S/C9H9ClO2/c10-6-8-3-1-7(2-4-8)5-9(11)12/h1-4H,5-6H2,(H,11,12). The summed E-state index contributed by atoms with van der Waals surface area (Å²) in [6.07, 6.45) is 0.0720. The van der Waals surface area contributed by atoms with E-state index in [1.54, 1.807) is 12.1 Å². The van der Waals surface area contributed by atoms with Gasteiger partial charge in [0.1, 0.15) is 0 Å². The molecule has 3 heteroatoms. The van der Waals surface area contributed by atoms with Crippen molar-refractivity contribution < 1.29 is 9.90 Å². The molecule has 64 valence electrons. The number of carboxylic acids is 1. The van der Waals surface area contributed by atoms with E-state index < -0.39 is 5.97 Å². The van der Waals surface area contributed by atoms with Crippen molar-refractivity contribution >= 4 is 17.6 Å². The Labute approximate surface area is 75.8 Å². The maximum Gasteiger partial charge on any atom is 0.307 e. The lowest BCUT2D eigenvalue weighted by atomic mass is 10.1. The first-order chi connectivity index (χ1) is 5.72. The second-order valence-corrected chi connectivity index (χ2v) is 2.79. The van der Waals surface area contributed by atoms with Gasteiger partial charge in [-0.1, -0.05) is 24.3 Å². The van der Waals surface area contributed by atoms with Gasteiger partial charge in [0, 0.05) is 5.88 Å². The molecule has 1 aromatic carbocycles. The van der Waals surface area contributed by atoms with Gasteiger partial charge in [0.15, 0.2) is 0 Å². The molecule has 0 aliphatic rings. The van der Waals surface area contributed by atoms with Crippen LogP contribution in [0.1, 0.15) is 11.1 Å². The van der Waals surface area contributed by atoms with Crippen LogP contribution in [0, 0.1) is 0 Å². The van der Waals surface area contributed by atoms with E-state index in [0.29, 0.717) is 5.88 Å². The van der Waals surface area contributed by atoms with E-state index in [1.807, 2.05) is 12.1 Å². The number of alkyl halides is 1. The van der Waals surface area contributed by atoms with E-state index in [-0.39, 0.29) is 6.42 Å². The van der Waals surface area contributed by atoms with Gasteiger partial charge in [0.25, 0.3) is 0 Å². The summed E-state index contributed by atoms with van der Waals surface area (Å²) >= 11 is 5.57. The van der Waals surface area contributed by atoms with Crippen molar-refractivity contribution in [1.82, 2.24) is 0 Å². The van der Waals surface area contributed by atoms with Crippen molar-refractivity contribution in [2.24, 2.45) is 0 Å². The van der Waals surface area contributed by atoms with Crippen molar-refractivity contribution in [2.45, 2.75) is 12.3 Å². The minimum absolute atomic E-state index is 0.0720. The molecule has 0 aliphatic heterocycles. The molecule has 0 spiro atoms. The molecule has 0 saturated heterocycles. The summed E-state index contributed by atoms with van der Waals surface area (Å²) in [5, 5.41) is 8.47. The van der Waals surface area contributed by atoms with Crippen molar-refractivity contribution in [3.05, 3.63) is 35.4 Å². The third kappa shape index (κ3) is 2.55. The highest BCUT2D eigenvalue weighted by molar-refractivity contribution is 6.17. The zero-order chi connectivity index (χ0) is 8.97. The number of rotatable bonds is 3.